The highest BCUT2D eigenvalue weighted by Gasteiger charge is 2.48. The van der Waals surface area contributed by atoms with E-state index in [1.54, 1.807) is 21.2 Å². The quantitative estimate of drug-likeness (QED) is 0.562. The summed E-state index contributed by atoms with van der Waals surface area (Å²) in [4.78, 5) is 26.8. The summed E-state index contributed by atoms with van der Waals surface area (Å²) in [5.41, 5.74) is 1.44. The summed E-state index contributed by atoms with van der Waals surface area (Å²) in [6.45, 7) is 6.21. The third-order valence-corrected chi connectivity index (χ3v) is 5.81. The van der Waals surface area contributed by atoms with Gasteiger partial charge in [-0.25, -0.2) is 0 Å². The molecule has 3 atom stereocenters. The van der Waals surface area contributed by atoms with Crippen LogP contribution in [0.3, 0.4) is 0 Å². The standard InChI is InChI=1S/C22H31NO4/c1-15(2)18-11-12-22(21(25)27-6,14-20(24)23(3)4)13-19(18)16-7-9-17(26-5)10-8-16/h7-10,18-19H,1,11-14H2,2-6H3/t18-,19-,22-/m0/s1. The molecule has 2 rings (SSSR count). The smallest absolute Gasteiger partial charge is 0.312 e. The van der Waals surface area contributed by atoms with Crippen molar-refractivity contribution in [3.8, 4) is 5.75 Å². The van der Waals surface area contributed by atoms with Crippen LogP contribution in [0.25, 0.3) is 0 Å². The molecule has 148 valence electrons. The lowest BCUT2D eigenvalue weighted by atomic mass is 9.60. The number of rotatable bonds is 6. The van der Waals surface area contributed by atoms with Gasteiger partial charge in [-0.2, -0.15) is 0 Å². The Morgan fingerprint density at radius 3 is 2.33 bits per heavy atom. The lowest BCUT2D eigenvalue weighted by Crippen LogP contribution is -2.43. The van der Waals surface area contributed by atoms with Crippen LogP contribution in [0.2, 0.25) is 0 Å². The second kappa shape index (κ2) is 8.59. The van der Waals surface area contributed by atoms with E-state index in [0.29, 0.717) is 12.8 Å². The number of amides is 1. The van der Waals surface area contributed by atoms with Crippen LogP contribution in [0, 0.1) is 11.3 Å². The van der Waals surface area contributed by atoms with Crippen molar-refractivity contribution < 1.29 is 19.1 Å². The zero-order chi connectivity index (χ0) is 20.2. The number of benzene rings is 1. The molecule has 0 aromatic heterocycles. The molecule has 0 saturated heterocycles. The molecular formula is C22H31NO4. The Balaban J connectivity index is 2.41. The summed E-state index contributed by atoms with van der Waals surface area (Å²) in [6, 6.07) is 7.95. The molecule has 1 aromatic rings. The number of methoxy groups -OCH3 is 2. The molecule has 0 spiro atoms. The van der Waals surface area contributed by atoms with Gasteiger partial charge < -0.3 is 14.4 Å². The molecule has 0 N–H and O–H groups in total. The number of nitrogens with zero attached hydrogens (tertiary/aromatic N) is 1. The third kappa shape index (κ3) is 4.52. The second-order valence-corrected chi connectivity index (χ2v) is 7.81. The van der Waals surface area contributed by atoms with Gasteiger partial charge in [-0.3, -0.25) is 9.59 Å². The first-order valence-corrected chi connectivity index (χ1v) is 9.32. The SMILES string of the molecule is C=C(C)[C@@H]1CC[C@](CC(=O)N(C)C)(C(=O)OC)C[C@H]1c1ccc(OC)cc1. The molecule has 1 aliphatic carbocycles. The van der Waals surface area contributed by atoms with E-state index < -0.39 is 5.41 Å². The van der Waals surface area contributed by atoms with E-state index in [1.165, 1.54) is 12.0 Å². The fourth-order valence-electron chi connectivity index (χ4n) is 4.17. The number of esters is 1. The Kier molecular flexibility index (Phi) is 6.68. The molecule has 1 fully saturated rings. The topological polar surface area (TPSA) is 55.8 Å². The van der Waals surface area contributed by atoms with E-state index in [9.17, 15) is 9.59 Å². The van der Waals surface area contributed by atoms with Gasteiger partial charge in [0.1, 0.15) is 5.75 Å². The van der Waals surface area contributed by atoms with E-state index in [0.717, 1.165) is 23.3 Å². The molecule has 0 aliphatic heterocycles. The van der Waals surface area contributed by atoms with Crippen LogP contribution in [-0.2, 0) is 14.3 Å². The van der Waals surface area contributed by atoms with Gasteiger partial charge in [-0.15, -0.1) is 0 Å². The average Bonchev–Trinajstić information content (AvgIpc) is 2.66. The van der Waals surface area contributed by atoms with E-state index in [-0.39, 0.29) is 30.1 Å². The molecule has 1 amide bonds. The molecule has 0 unspecified atom stereocenters. The largest absolute Gasteiger partial charge is 0.497 e. The Hall–Kier alpha value is -2.30. The molecule has 0 bridgehead atoms. The summed E-state index contributed by atoms with van der Waals surface area (Å²) >= 11 is 0. The highest BCUT2D eigenvalue weighted by Crippen LogP contribution is 2.51. The van der Waals surface area contributed by atoms with Crippen molar-refractivity contribution in [2.24, 2.45) is 11.3 Å². The summed E-state index contributed by atoms with van der Waals surface area (Å²) in [7, 11) is 6.47. The van der Waals surface area contributed by atoms with Gasteiger partial charge in [-0.1, -0.05) is 24.3 Å². The maximum absolute atomic E-state index is 12.8. The average molecular weight is 373 g/mol. The number of carbonyl (C=O) groups is 2. The Morgan fingerprint density at radius 2 is 1.85 bits per heavy atom. The van der Waals surface area contributed by atoms with Gasteiger partial charge in [0.05, 0.1) is 19.6 Å². The van der Waals surface area contributed by atoms with Crippen LogP contribution in [0.4, 0.5) is 0 Å². The molecule has 1 saturated carbocycles. The number of hydrogen-bond donors (Lipinski definition) is 0. The van der Waals surface area contributed by atoms with E-state index in [4.69, 9.17) is 9.47 Å². The van der Waals surface area contributed by atoms with Crippen molar-refractivity contribution in [2.45, 2.75) is 38.5 Å². The lowest BCUT2D eigenvalue weighted by Gasteiger charge is -2.43. The van der Waals surface area contributed by atoms with Gasteiger partial charge in [0.2, 0.25) is 5.91 Å². The molecule has 5 heteroatoms. The van der Waals surface area contributed by atoms with Gasteiger partial charge in [0, 0.05) is 20.5 Å². The van der Waals surface area contributed by atoms with Crippen molar-refractivity contribution in [1.29, 1.82) is 0 Å². The molecule has 0 radical (unpaired) electrons. The molecule has 1 aromatic carbocycles. The number of ether oxygens (including phenoxy) is 2. The van der Waals surface area contributed by atoms with Gasteiger partial charge >= 0.3 is 5.97 Å². The van der Waals surface area contributed by atoms with Crippen molar-refractivity contribution in [2.75, 3.05) is 28.3 Å². The van der Waals surface area contributed by atoms with Crippen LogP contribution < -0.4 is 4.74 Å². The minimum atomic E-state index is -0.799. The number of allylic oxidation sites excluding steroid dienone is 1. The van der Waals surface area contributed by atoms with Crippen molar-refractivity contribution in [3.63, 3.8) is 0 Å². The Labute approximate surface area is 162 Å². The minimum absolute atomic E-state index is 0.0531. The highest BCUT2D eigenvalue weighted by atomic mass is 16.5. The van der Waals surface area contributed by atoms with Crippen LogP contribution in [0.5, 0.6) is 5.75 Å². The van der Waals surface area contributed by atoms with Crippen LogP contribution in [0.1, 0.15) is 44.1 Å². The molecular weight excluding hydrogens is 342 g/mol. The van der Waals surface area contributed by atoms with Gasteiger partial charge in [0.15, 0.2) is 0 Å². The van der Waals surface area contributed by atoms with Crippen LogP contribution in [-0.4, -0.2) is 45.1 Å². The fraction of sp³-hybridized carbons (Fsp3) is 0.545. The maximum Gasteiger partial charge on any atom is 0.312 e. The van der Waals surface area contributed by atoms with Gasteiger partial charge in [0.25, 0.3) is 0 Å². The number of hydrogen-bond acceptors (Lipinski definition) is 4. The fourth-order valence-corrected chi connectivity index (χ4v) is 4.17. The predicted molar refractivity (Wildman–Crippen MR) is 106 cm³/mol. The molecule has 1 aliphatic rings. The predicted octanol–water partition coefficient (Wildman–Crippen LogP) is 3.79. The first-order chi connectivity index (χ1) is 12.7. The molecule has 27 heavy (non-hydrogen) atoms. The van der Waals surface area contributed by atoms with E-state index in [2.05, 4.69) is 6.58 Å². The zero-order valence-corrected chi connectivity index (χ0v) is 17.1. The monoisotopic (exact) mass is 373 g/mol. The molecule has 5 nitrogen and oxygen atoms in total. The van der Waals surface area contributed by atoms with Crippen LogP contribution >= 0.6 is 0 Å². The summed E-state index contributed by atoms with van der Waals surface area (Å²) in [5, 5.41) is 0. The van der Waals surface area contributed by atoms with Crippen molar-refractivity contribution >= 4 is 11.9 Å². The normalized spacial score (nSPS) is 24.8. The first-order valence-electron chi connectivity index (χ1n) is 9.32. The molecule has 0 heterocycles. The minimum Gasteiger partial charge on any atom is -0.497 e. The number of carbonyl (C=O) groups excluding carboxylic acids is 2. The Bertz CT molecular complexity index is 695. The maximum atomic E-state index is 12.8. The summed E-state index contributed by atoms with van der Waals surface area (Å²) < 4.78 is 10.4. The second-order valence-electron chi connectivity index (χ2n) is 7.81. The first kappa shape index (κ1) is 21.0. The van der Waals surface area contributed by atoms with Gasteiger partial charge in [-0.05, 0) is 55.7 Å². The van der Waals surface area contributed by atoms with Crippen LogP contribution in [0.15, 0.2) is 36.4 Å². The highest BCUT2D eigenvalue weighted by molar-refractivity contribution is 5.86. The van der Waals surface area contributed by atoms with Crippen molar-refractivity contribution in [3.05, 3.63) is 42.0 Å². The summed E-state index contributed by atoms with van der Waals surface area (Å²) in [5.74, 6) is 0.823. The van der Waals surface area contributed by atoms with E-state index in [1.807, 2.05) is 31.2 Å². The zero-order valence-electron chi connectivity index (χ0n) is 17.1. The van der Waals surface area contributed by atoms with E-state index >= 15 is 0 Å². The van der Waals surface area contributed by atoms with Crippen molar-refractivity contribution in [1.82, 2.24) is 4.90 Å². The summed E-state index contributed by atoms with van der Waals surface area (Å²) in [6.07, 6.45) is 2.18. The third-order valence-electron chi connectivity index (χ3n) is 5.81. The lowest BCUT2D eigenvalue weighted by molar-refractivity contribution is -0.159. The Morgan fingerprint density at radius 1 is 1.22 bits per heavy atom.